The van der Waals surface area contributed by atoms with E-state index in [0.717, 1.165) is 6.42 Å². The van der Waals surface area contributed by atoms with E-state index in [2.05, 4.69) is 15.4 Å². The van der Waals surface area contributed by atoms with Crippen molar-refractivity contribution in [3.05, 3.63) is 66.1 Å². The lowest BCUT2D eigenvalue weighted by atomic mass is 10.1. The highest BCUT2D eigenvalue weighted by atomic mass is 19.1. The van der Waals surface area contributed by atoms with E-state index in [0.29, 0.717) is 41.7 Å². The number of amidine groups is 1. The zero-order valence-electron chi connectivity index (χ0n) is 17.9. The van der Waals surface area contributed by atoms with Gasteiger partial charge in [-0.3, -0.25) is 19.6 Å². The molecule has 0 atom stereocenters. The fraction of sp³-hybridized carbons (Fsp3) is 0.217. The molecular formula is C23H21FN6O3. The summed E-state index contributed by atoms with van der Waals surface area (Å²) < 4.78 is 20.8. The summed E-state index contributed by atoms with van der Waals surface area (Å²) in [7, 11) is 1.58. The number of fused-ring (bicyclic) bond motifs is 3. The summed E-state index contributed by atoms with van der Waals surface area (Å²) in [6, 6.07) is 12.7. The van der Waals surface area contributed by atoms with Gasteiger partial charge < -0.3 is 10.1 Å². The number of aromatic nitrogens is 2. The molecule has 3 aromatic rings. The van der Waals surface area contributed by atoms with Crippen molar-refractivity contribution in [2.45, 2.75) is 6.42 Å². The number of para-hydroxylation sites is 1. The predicted octanol–water partition coefficient (Wildman–Crippen LogP) is 3.05. The number of rotatable bonds is 5. The smallest absolute Gasteiger partial charge is 0.331 e. The van der Waals surface area contributed by atoms with E-state index in [1.165, 1.54) is 23.1 Å². The summed E-state index contributed by atoms with van der Waals surface area (Å²) >= 11 is 0. The largest absolute Gasteiger partial charge is 0.497 e. The molecule has 33 heavy (non-hydrogen) atoms. The maximum absolute atomic E-state index is 14.0. The Bertz CT molecular complexity index is 1250. The summed E-state index contributed by atoms with van der Waals surface area (Å²) in [6.07, 6.45) is 2.37. The monoisotopic (exact) mass is 448 g/mol. The molecule has 0 aliphatic carbocycles. The van der Waals surface area contributed by atoms with Gasteiger partial charge in [-0.1, -0.05) is 12.1 Å². The molecule has 9 nitrogen and oxygen atoms in total. The van der Waals surface area contributed by atoms with E-state index in [1.807, 2.05) is 12.1 Å². The molecule has 10 heteroatoms. The van der Waals surface area contributed by atoms with Crippen molar-refractivity contribution in [2.75, 3.05) is 37.0 Å². The number of urea groups is 1. The van der Waals surface area contributed by atoms with Crippen LogP contribution < -0.4 is 15.0 Å². The molecule has 1 N–H and O–H groups in total. The van der Waals surface area contributed by atoms with Crippen molar-refractivity contribution in [1.82, 2.24) is 14.7 Å². The molecular weight excluding hydrogens is 427 g/mol. The van der Waals surface area contributed by atoms with E-state index in [9.17, 15) is 14.0 Å². The minimum Gasteiger partial charge on any atom is -0.497 e. The first kappa shape index (κ1) is 20.7. The number of hydrogen-bond acceptors (Lipinski definition) is 5. The number of nitrogens with one attached hydrogen (secondary N) is 1. The molecule has 0 radical (unpaired) electrons. The first-order chi connectivity index (χ1) is 16.1. The van der Waals surface area contributed by atoms with Crippen molar-refractivity contribution < 1.29 is 18.7 Å². The maximum Gasteiger partial charge on any atom is 0.331 e. The van der Waals surface area contributed by atoms with Crippen LogP contribution >= 0.6 is 0 Å². The second kappa shape index (κ2) is 8.38. The summed E-state index contributed by atoms with van der Waals surface area (Å²) in [5.74, 6) is 0.585. The Hall–Kier alpha value is -4.21. The van der Waals surface area contributed by atoms with Crippen LogP contribution in [0.4, 0.5) is 20.7 Å². The van der Waals surface area contributed by atoms with Gasteiger partial charge in [-0.05, 0) is 42.8 Å². The Morgan fingerprint density at radius 2 is 1.97 bits per heavy atom. The van der Waals surface area contributed by atoms with Crippen molar-refractivity contribution in [2.24, 2.45) is 4.99 Å². The number of carbonyl (C=O) groups excluding carboxylic acids is 2. The Morgan fingerprint density at radius 3 is 2.73 bits per heavy atom. The highest BCUT2D eigenvalue weighted by Gasteiger charge is 2.40. The third-order valence-electron chi connectivity index (χ3n) is 5.53. The number of nitrogens with zero attached hydrogens (tertiary/aromatic N) is 5. The number of benzene rings is 2. The van der Waals surface area contributed by atoms with E-state index in [1.54, 1.807) is 41.1 Å². The molecule has 168 valence electrons. The van der Waals surface area contributed by atoms with Gasteiger partial charge in [0.25, 0.3) is 0 Å². The van der Waals surface area contributed by atoms with E-state index < -0.39 is 11.7 Å². The van der Waals surface area contributed by atoms with Crippen LogP contribution in [0, 0.1) is 5.82 Å². The van der Waals surface area contributed by atoms with E-state index in [4.69, 9.17) is 4.74 Å². The molecule has 0 saturated heterocycles. The van der Waals surface area contributed by atoms with Crippen LogP contribution in [0.1, 0.15) is 12.0 Å². The van der Waals surface area contributed by atoms with Crippen LogP contribution in [0.15, 0.2) is 59.7 Å². The van der Waals surface area contributed by atoms with Crippen LogP contribution in [-0.2, 0) is 4.79 Å². The fourth-order valence-electron chi connectivity index (χ4n) is 3.97. The number of carbonyl (C=O) groups is 2. The quantitative estimate of drug-likeness (QED) is 0.650. The first-order valence-corrected chi connectivity index (χ1v) is 10.5. The van der Waals surface area contributed by atoms with Crippen molar-refractivity contribution in [1.29, 1.82) is 0 Å². The van der Waals surface area contributed by atoms with Gasteiger partial charge in [0.2, 0.25) is 5.91 Å². The topological polar surface area (TPSA) is 92.1 Å². The third kappa shape index (κ3) is 3.69. The van der Waals surface area contributed by atoms with Crippen LogP contribution in [0.5, 0.6) is 5.75 Å². The van der Waals surface area contributed by atoms with Gasteiger partial charge in [0.15, 0.2) is 5.82 Å². The average molecular weight is 448 g/mol. The fourth-order valence-corrected chi connectivity index (χ4v) is 3.97. The molecule has 0 bridgehead atoms. The normalized spacial score (nSPS) is 15.0. The Kier molecular flexibility index (Phi) is 5.25. The van der Waals surface area contributed by atoms with Crippen molar-refractivity contribution in [3.63, 3.8) is 0 Å². The van der Waals surface area contributed by atoms with Crippen LogP contribution in [0.2, 0.25) is 0 Å². The molecule has 0 fully saturated rings. The van der Waals surface area contributed by atoms with Gasteiger partial charge in [-0.2, -0.15) is 5.10 Å². The highest BCUT2D eigenvalue weighted by Crippen LogP contribution is 2.33. The standard InChI is InChI=1S/C23H21FN6O3/c1-33-16-9-7-15(8-10-16)30-22-17(13-26-30)21-25-11-4-12-28(21)23(32)29(22)14-20(31)27-19-6-3-2-5-18(19)24/h2-3,5-10,13H,4,11-12,14H2,1H3,(H,27,31). The summed E-state index contributed by atoms with van der Waals surface area (Å²) in [5, 5.41) is 7.03. The number of aliphatic imine (C=N–C) groups is 1. The van der Waals surface area contributed by atoms with Crippen LogP contribution in [0.25, 0.3) is 5.69 Å². The highest BCUT2D eigenvalue weighted by molar-refractivity contribution is 6.20. The second-order valence-corrected chi connectivity index (χ2v) is 7.60. The van der Waals surface area contributed by atoms with E-state index in [-0.39, 0.29) is 18.3 Å². The minimum absolute atomic E-state index is 0.0519. The summed E-state index contributed by atoms with van der Waals surface area (Å²) in [5.41, 5.74) is 1.40. The van der Waals surface area contributed by atoms with Gasteiger partial charge in [-0.15, -0.1) is 0 Å². The molecule has 5 rings (SSSR count). The summed E-state index contributed by atoms with van der Waals surface area (Å²) in [4.78, 5) is 33.7. The summed E-state index contributed by atoms with van der Waals surface area (Å²) in [6.45, 7) is 0.794. The first-order valence-electron chi connectivity index (χ1n) is 10.5. The second-order valence-electron chi connectivity index (χ2n) is 7.60. The Balaban J connectivity index is 1.54. The maximum atomic E-state index is 14.0. The van der Waals surface area contributed by atoms with Gasteiger partial charge in [0.1, 0.15) is 23.9 Å². The molecule has 0 saturated carbocycles. The number of hydrogen-bond donors (Lipinski definition) is 1. The van der Waals surface area contributed by atoms with Gasteiger partial charge in [-0.25, -0.2) is 13.9 Å². The molecule has 2 aromatic carbocycles. The lowest BCUT2D eigenvalue weighted by Crippen LogP contribution is -2.55. The average Bonchev–Trinajstić information content (AvgIpc) is 3.28. The number of amides is 3. The van der Waals surface area contributed by atoms with Gasteiger partial charge in [0, 0.05) is 13.1 Å². The number of halogens is 1. The lowest BCUT2D eigenvalue weighted by Gasteiger charge is -2.37. The zero-order valence-corrected chi connectivity index (χ0v) is 17.9. The SMILES string of the molecule is COc1ccc(-n2ncc3c2N(CC(=O)Nc2ccccc2F)C(=O)N2CCCN=C32)cc1. The third-order valence-corrected chi connectivity index (χ3v) is 5.53. The van der Waals surface area contributed by atoms with Crippen molar-refractivity contribution in [3.8, 4) is 11.4 Å². The minimum atomic E-state index is -0.551. The number of ether oxygens (including phenoxy) is 1. The Labute approximate surface area is 189 Å². The molecule has 0 spiro atoms. The molecule has 0 unspecified atom stereocenters. The van der Waals surface area contributed by atoms with E-state index >= 15 is 0 Å². The van der Waals surface area contributed by atoms with Gasteiger partial charge in [0.05, 0.1) is 30.2 Å². The van der Waals surface area contributed by atoms with Crippen LogP contribution in [-0.4, -0.2) is 59.2 Å². The van der Waals surface area contributed by atoms with Crippen molar-refractivity contribution >= 4 is 29.3 Å². The zero-order chi connectivity index (χ0) is 22.9. The van der Waals surface area contributed by atoms with Gasteiger partial charge >= 0.3 is 6.03 Å². The molecule has 2 aliphatic rings. The molecule has 3 heterocycles. The molecule has 1 aromatic heterocycles. The number of anilines is 2. The predicted molar refractivity (Wildman–Crippen MR) is 121 cm³/mol. The number of methoxy groups -OCH3 is 1. The molecule has 3 amide bonds. The molecule has 2 aliphatic heterocycles. The van der Waals surface area contributed by atoms with Crippen LogP contribution in [0.3, 0.4) is 0 Å². The Morgan fingerprint density at radius 1 is 1.18 bits per heavy atom. The lowest BCUT2D eigenvalue weighted by molar-refractivity contribution is -0.114.